The third-order valence-corrected chi connectivity index (χ3v) is 5.05. The molecule has 1 amide bonds. The summed E-state index contributed by atoms with van der Waals surface area (Å²) in [5.41, 5.74) is 2.39. The minimum Gasteiger partial charge on any atom is -0.393 e. The Kier molecular flexibility index (Phi) is 5.48. The smallest absolute Gasteiger partial charge is 0.220 e. The summed E-state index contributed by atoms with van der Waals surface area (Å²) in [6.45, 7) is 2.57. The molecule has 1 aromatic heterocycles. The average molecular weight is 342 g/mol. The first kappa shape index (κ1) is 17.6. The predicted molar refractivity (Wildman–Crippen MR) is 95.0 cm³/mol. The van der Waals surface area contributed by atoms with E-state index in [1.54, 1.807) is 6.33 Å². The lowest BCUT2D eigenvalue weighted by Gasteiger charge is -2.15. The number of nitrogens with zero attached hydrogens (tertiary/aromatic N) is 3. The number of amides is 1. The van der Waals surface area contributed by atoms with Crippen molar-refractivity contribution in [3.8, 4) is 0 Å². The fraction of sp³-hybridized carbons (Fsp3) is 0.526. The summed E-state index contributed by atoms with van der Waals surface area (Å²) in [7, 11) is 1.92. The van der Waals surface area contributed by atoms with E-state index in [2.05, 4.69) is 34.6 Å². The molecule has 1 aliphatic rings. The molecule has 1 heterocycles. The van der Waals surface area contributed by atoms with Gasteiger partial charge in [0.25, 0.3) is 0 Å². The van der Waals surface area contributed by atoms with Crippen molar-refractivity contribution in [2.45, 2.75) is 44.6 Å². The molecule has 0 radical (unpaired) electrons. The van der Waals surface area contributed by atoms with Crippen LogP contribution in [0.25, 0.3) is 0 Å². The molecule has 1 saturated carbocycles. The molecule has 3 rings (SSSR count). The lowest BCUT2D eigenvalue weighted by atomic mass is 10.0. The predicted octanol–water partition coefficient (Wildman–Crippen LogP) is 1.73. The Bertz CT molecular complexity index is 728. The van der Waals surface area contributed by atoms with Gasteiger partial charge in [-0.25, -0.2) is 0 Å². The first-order valence-corrected chi connectivity index (χ1v) is 8.87. The highest BCUT2D eigenvalue weighted by molar-refractivity contribution is 5.76. The number of aliphatic hydroxyl groups is 1. The maximum absolute atomic E-state index is 12.1. The highest BCUT2D eigenvalue weighted by Gasteiger charge is 2.35. The Morgan fingerprint density at radius 3 is 2.96 bits per heavy atom. The van der Waals surface area contributed by atoms with Gasteiger partial charge in [-0.2, -0.15) is 0 Å². The molecule has 0 unspecified atom stereocenters. The average Bonchev–Trinajstić information content (AvgIpc) is 3.16. The molecule has 1 fully saturated rings. The molecule has 2 aromatic rings. The molecule has 0 aliphatic heterocycles. The summed E-state index contributed by atoms with van der Waals surface area (Å²) in [5, 5.41) is 21.3. The summed E-state index contributed by atoms with van der Waals surface area (Å²) in [5.74, 6) is 1.23. The molecular formula is C19H26N4O2. The van der Waals surface area contributed by atoms with Crippen molar-refractivity contribution in [3.63, 3.8) is 0 Å². The Morgan fingerprint density at radius 1 is 1.40 bits per heavy atom. The number of carbonyl (C=O) groups excluding carboxylic acids is 1. The molecule has 0 spiro atoms. The van der Waals surface area contributed by atoms with Crippen LogP contribution < -0.4 is 5.32 Å². The van der Waals surface area contributed by atoms with Crippen LogP contribution in [0, 0.1) is 12.8 Å². The Morgan fingerprint density at radius 2 is 2.24 bits per heavy atom. The van der Waals surface area contributed by atoms with Crippen molar-refractivity contribution in [1.29, 1.82) is 0 Å². The summed E-state index contributed by atoms with van der Waals surface area (Å²) >= 11 is 0. The number of nitrogens with one attached hydrogen (secondary N) is 1. The number of benzene rings is 1. The van der Waals surface area contributed by atoms with Gasteiger partial charge in [-0.1, -0.05) is 29.8 Å². The second-order valence-electron chi connectivity index (χ2n) is 7.09. The summed E-state index contributed by atoms with van der Waals surface area (Å²) in [6, 6.07) is 8.23. The number of aliphatic hydroxyl groups excluding tert-OH is 1. The zero-order chi connectivity index (χ0) is 17.8. The molecule has 6 heteroatoms. The number of hydrogen-bond acceptors (Lipinski definition) is 4. The lowest BCUT2D eigenvalue weighted by Crippen LogP contribution is -2.32. The first-order valence-electron chi connectivity index (χ1n) is 8.87. The number of rotatable bonds is 6. The van der Waals surface area contributed by atoms with E-state index in [4.69, 9.17) is 0 Å². The molecule has 134 valence electrons. The lowest BCUT2D eigenvalue weighted by molar-refractivity contribution is -0.121. The van der Waals surface area contributed by atoms with E-state index < -0.39 is 6.10 Å². The third kappa shape index (κ3) is 4.45. The molecule has 6 nitrogen and oxygen atoms in total. The van der Waals surface area contributed by atoms with E-state index in [9.17, 15) is 9.90 Å². The largest absolute Gasteiger partial charge is 0.393 e. The Hall–Kier alpha value is -2.21. The highest BCUT2D eigenvalue weighted by atomic mass is 16.3. The van der Waals surface area contributed by atoms with Gasteiger partial charge in [0.2, 0.25) is 5.91 Å². The molecule has 0 saturated heterocycles. The Balaban J connectivity index is 1.45. The summed E-state index contributed by atoms with van der Waals surface area (Å²) < 4.78 is 1.90. The number of hydrogen-bond donors (Lipinski definition) is 2. The van der Waals surface area contributed by atoms with Crippen LogP contribution in [-0.2, 0) is 18.3 Å². The molecule has 1 aliphatic carbocycles. The minimum atomic E-state index is -0.404. The highest BCUT2D eigenvalue weighted by Crippen LogP contribution is 2.37. The van der Waals surface area contributed by atoms with Crippen molar-refractivity contribution >= 4 is 5.91 Å². The number of aryl methyl sites for hydroxylation is 3. The zero-order valence-corrected chi connectivity index (χ0v) is 14.9. The van der Waals surface area contributed by atoms with Crippen molar-refractivity contribution in [3.05, 3.63) is 47.5 Å². The van der Waals surface area contributed by atoms with Crippen LogP contribution in [0.1, 0.15) is 42.1 Å². The normalized spacial score (nSPS) is 22.9. The molecule has 0 bridgehead atoms. The molecule has 2 N–H and O–H groups in total. The van der Waals surface area contributed by atoms with Gasteiger partial charge in [-0.3, -0.25) is 4.79 Å². The first-order chi connectivity index (χ1) is 12.0. The van der Waals surface area contributed by atoms with Crippen LogP contribution >= 0.6 is 0 Å². The number of carbonyl (C=O) groups is 1. The van der Waals surface area contributed by atoms with Crippen LogP contribution in [0.4, 0.5) is 0 Å². The van der Waals surface area contributed by atoms with Gasteiger partial charge in [0.15, 0.2) is 0 Å². The second-order valence-corrected chi connectivity index (χ2v) is 7.09. The van der Waals surface area contributed by atoms with Crippen LogP contribution in [0.3, 0.4) is 0 Å². The van der Waals surface area contributed by atoms with E-state index in [0.29, 0.717) is 19.4 Å². The van der Waals surface area contributed by atoms with Gasteiger partial charge >= 0.3 is 0 Å². The second kappa shape index (κ2) is 7.78. The van der Waals surface area contributed by atoms with Crippen LogP contribution in [-0.4, -0.2) is 38.4 Å². The molecule has 1 aromatic carbocycles. The van der Waals surface area contributed by atoms with E-state index >= 15 is 0 Å². The Labute approximate surface area is 148 Å². The maximum atomic E-state index is 12.1. The minimum absolute atomic E-state index is 0.0378. The van der Waals surface area contributed by atoms with Gasteiger partial charge in [0.05, 0.1) is 6.10 Å². The van der Waals surface area contributed by atoms with E-state index in [1.165, 1.54) is 11.1 Å². The maximum Gasteiger partial charge on any atom is 0.220 e. The topological polar surface area (TPSA) is 80.0 Å². The molecule has 3 atom stereocenters. The van der Waals surface area contributed by atoms with Crippen molar-refractivity contribution in [2.75, 3.05) is 6.54 Å². The van der Waals surface area contributed by atoms with E-state index in [-0.39, 0.29) is 17.7 Å². The molecule has 25 heavy (non-hydrogen) atoms. The van der Waals surface area contributed by atoms with E-state index in [1.807, 2.05) is 23.7 Å². The monoisotopic (exact) mass is 342 g/mol. The zero-order valence-electron chi connectivity index (χ0n) is 14.9. The van der Waals surface area contributed by atoms with Gasteiger partial charge in [-0.15, -0.1) is 10.2 Å². The SMILES string of the molecule is Cc1cccc(CCC(=O)NC[C@H]2C[C@H](c3nncn3C)C[C@H]2O)c1. The number of aromatic nitrogens is 3. The van der Waals surface area contributed by atoms with Crippen LogP contribution in [0.15, 0.2) is 30.6 Å². The van der Waals surface area contributed by atoms with Gasteiger partial charge in [0, 0.05) is 31.8 Å². The van der Waals surface area contributed by atoms with Crippen molar-refractivity contribution < 1.29 is 9.90 Å². The fourth-order valence-corrected chi connectivity index (χ4v) is 3.65. The fourth-order valence-electron chi connectivity index (χ4n) is 3.65. The quantitative estimate of drug-likeness (QED) is 0.838. The third-order valence-electron chi connectivity index (χ3n) is 5.05. The molecular weight excluding hydrogens is 316 g/mol. The van der Waals surface area contributed by atoms with Gasteiger partial charge in [-0.05, 0) is 31.7 Å². The standard InChI is InChI=1S/C19H26N4O2/c1-13-4-3-5-14(8-13)6-7-18(25)20-11-16-9-15(10-17(16)24)19-22-21-12-23(19)2/h3-5,8,12,15-17,24H,6-7,9-11H2,1-2H3,(H,20,25)/t15-,16+,17+/m0/s1. The van der Waals surface area contributed by atoms with Gasteiger partial charge in [0.1, 0.15) is 12.2 Å². The van der Waals surface area contributed by atoms with Crippen LogP contribution in [0.5, 0.6) is 0 Å². The van der Waals surface area contributed by atoms with Crippen molar-refractivity contribution in [1.82, 2.24) is 20.1 Å². The van der Waals surface area contributed by atoms with E-state index in [0.717, 1.165) is 18.7 Å². The van der Waals surface area contributed by atoms with Gasteiger partial charge < -0.3 is 15.0 Å². The summed E-state index contributed by atoms with van der Waals surface area (Å²) in [4.78, 5) is 12.1. The summed E-state index contributed by atoms with van der Waals surface area (Å²) in [6.07, 6.45) is 3.99. The van der Waals surface area contributed by atoms with Crippen LogP contribution in [0.2, 0.25) is 0 Å². The van der Waals surface area contributed by atoms with Crippen molar-refractivity contribution in [2.24, 2.45) is 13.0 Å².